The van der Waals surface area contributed by atoms with Crippen LogP contribution in [-0.2, 0) is 11.3 Å². The maximum atomic E-state index is 12.3. The second-order valence-corrected chi connectivity index (χ2v) is 4.70. The Morgan fingerprint density at radius 1 is 1.48 bits per heavy atom. The highest BCUT2D eigenvalue weighted by Gasteiger charge is 2.15. The number of alkyl halides is 2. The van der Waals surface area contributed by atoms with Crippen molar-refractivity contribution in [1.82, 2.24) is 5.32 Å². The first kappa shape index (κ1) is 15.5. The number of hydrogen-bond acceptors (Lipinski definition) is 3. The van der Waals surface area contributed by atoms with Crippen LogP contribution in [0.2, 0.25) is 0 Å². The second kappa shape index (κ2) is 7.78. The number of rotatable bonds is 6. The zero-order valence-corrected chi connectivity index (χ0v) is 11.6. The third-order valence-corrected chi connectivity index (χ3v) is 3.14. The fraction of sp³-hybridized carbons (Fsp3) is 0.500. The molecule has 1 atom stereocenters. The zero-order chi connectivity index (χ0) is 15.1. The molecule has 2 rings (SSSR count). The number of nitrogens with one attached hydrogen (secondary N) is 1. The molecular weight excluding hydrogens is 280 g/mol. The maximum absolute atomic E-state index is 12.3. The van der Waals surface area contributed by atoms with Crippen LogP contribution in [0.25, 0.3) is 0 Å². The minimum absolute atomic E-state index is 0.114. The number of benzene rings is 1. The van der Waals surface area contributed by atoms with Gasteiger partial charge in [-0.15, -0.1) is 0 Å². The molecule has 21 heavy (non-hydrogen) atoms. The SMILES string of the molecule is NC(=NCc1ccccc1OC(F)F)NCC1CCCO1. The van der Waals surface area contributed by atoms with Crippen molar-refractivity contribution in [3.8, 4) is 5.75 Å². The van der Waals surface area contributed by atoms with E-state index in [9.17, 15) is 8.78 Å². The Bertz CT molecular complexity index is 477. The molecule has 0 radical (unpaired) electrons. The van der Waals surface area contributed by atoms with Gasteiger partial charge in [-0.25, -0.2) is 4.99 Å². The lowest BCUT2D eigenvalue weighted by atomic mass is 10.2. The summed E-state index contributed by atoms with van der Waals surface area (Å²) in [6.45, 7) is -1.30. The summed E-state index contributed by atoms with van der Waals surface area (Å²) in [5, 5.41) is 2.97. The van der Waals surface area contributed by atoms with Crippen LogP contribution in [0.4, 0.5) is 8.78 Å². The smallest absolute Gasteiger partial charge is 0.387 e. The van der Waals surface area contributed by atoms with Crippen LogP contribution in [-0.4, -0.2) is 31.8 Å². The van der Waals surface area contributed by atoms with E-state index in [2.05, 4.69) is 15.0 Å². The van der Waals surface area contributed by atoms with E-state index in [1.165, 1.54) is 6.07 Å². The summed E-state index contributed by atoms with van der Waals surface area (Å²) in [6.07, 6.45) is 2.22. The van der Waals surface area contributed by atoms with Crippen molar-refractivity contribution in [2.45, 2.75) is 32.1 Å². The minimum Gasteiger partial charge on any atom is -0.434 e. The van der Waals surface area contributed by atoms with Crippen LogP contribution in [0.1, 0.15) is 18.4 Å². The molecule has 1 unspecified atom stereocenters. The molecule has 1 heterocycles. The molecule has 1 aliphatic heterocycles. The summed E-state index contributed by atoms with van der Waals surface area (Å²) < 4.78 is 34.5. The number of nitrogens with zero attached hydrogens (tertiary/aromatic N) is 1. The lowest BCUT2D eigenvalue weighted by molar-refractivity contribution is -0.0504. The average molecular weight is 299 g/mol. The van der Waals surface area contributed by atoms with Crippen LogP contribution in [0.3, 0.4) is 0 Å². The number of hydrogen-bond donors (Lipinski definition) is 2. The molecule has 1 saturated heterocycles. The van der Waals surface area contributed by atoms with E-state index < -0.39 is 6.61 Å². The molecular formula is C14H19F2N3O2. The fourth-order valence-electron chi connectivity index (χ4n) is 2.10. The van der Waals surface area contributed by atoms with Gasteiger partial charge in [-0.1, -0.05) is 18.2 Å². The Morgan fingerprint density at radius 3 is 3.00 bits per heavy atom. The van der Waals surface area contributed by atoms with E-state index in [0.29, 0.717) is 12.1 Å². The summed E-state index contributed by atoms with van der Waals surface area (Å²) in [6, 6.07) is 6.52. The highest BCUT2D eigenvalue weighted by Crippen LogP contribution is 2.20. The first-order chi connectivity index (χ1) is 10.1. The van der Waals surface area contributed by atoms with Crippen molar-refractivity contribution in [3.05, 3.63) is 29.8 Å². The monoisotopic (exact) mass is 299 g/mol. The van der Waals surface area contributed by atoms with Crippen LogP contribution in [0.15, 0.2) is 29.3 Å². The van der Waals surface area contributed by atoms with Gasteiger partial charge in [0.05, 0.1) is 12.6 Å². The van der Waals surface area contributed by atoms with Gasteiger partial charge >= 0.3 is 6.61 Å². The predicted molar refractivity (Wildman–Crippen MR) is 75.4 cm³/mol. The van der Waals surface area contributed by atoms with Crippen molar-refractivity contribution in [3.63, 3.8) is 0 Å². The number of guanidine groups is 1. The predicted octanol–water partition coefficient (Wildman–Crippen LogP) is 1.87. The van der Waals surface area contributed by atoms with Crippen LogP contribution in [0.5, 0.6) is 5.75 Å². The number of halogens is 2. The summed E-state index contributed by atoms with van der Waals surface area (Å²) in [4.78, 5) is 4.13. The van der Waals surface area contributed by atoms with Crippen molar-refractivity contribution in [1.29, 1.82) is 0 Å². The van der Waals surface area contributed by atoms with Crippen molar-refractivity contribution >= 4 is 5.96 Å². The molecule has 0 aromatic heterocycles. The summed E-state index contributed by atoms with van der Waals surface area (Å²) in [5.74, 6) is 0.375. The molecule has 0 aliphatic carbocycles. The Kier molecular flexibility index (Phi) is 5.74. The van der Waals surface area contributed by atoms with Gasteiger partial charge in [-0.3, -0.25) is 0 Å². The summed E-state index contributed by atoms with van der Waals surface area (Å²) in [7, 11) is 0. The van der Waals surface area contributed by atoms with E-state index >= 15 is 0 Å². The van der Waals surface area contributed by atoms with Gasteiger partial charge in [0.25, 0.3) is 0 Å². The molecule has 1 aliphatic rings. The lowest BCUT2D eigenvalue weighted by Crippen LogP contribution is -2.37. The normalized spacial score (nSPS) is 19.0. The molecule has 1 fully saturated rings. The summed E-state index contributed by atoms with van der Waals surface area (Å²) >= 11 is 0. The van der Waals surface area contributed by atoms with Crippen molar-refractivity contribution in [2.75, 3.05) is 13.2 Å². The summed E-state index contributed by atoms with van der Waals surface area (Å²) in [5.41, 5.74) is 6.30. The Hall–Kier alpha value is -1.89. The third-order valence-electron chi connectivity index (χ3n) is 3.14. The molecule has 5 nitrogen and oxygen atoms in total. The largest absolute Gasteiger partial charge is 0.434 e. The Balaban J connectivity index is 1.86. The lowest BCUT2D eigenvalue weighted by Gasteiger charge is -2.12. The molecule has 1 aromatic rings. The van der Waals surface area contributed by atoms with E-state index in [1.54, 1.807) is 18.2 Å². The first-order valence-corrected chi connectivity index (χ1v) is 6.83. The third kappa shape index (κ3) is 5.18. The maximum Gasteiger partial charge on any atom is 0.387 e. The number of ether oxygens (including phenoxy) is 2. The fourth-order valence-corrected chi connectivity index (χ4v) is 2.10. The average Bonchev–Trinajstić information content (AvgIpc) is 2.97. The number of para-hydroxylation sites is 1. The molecule has 0 amide bonds. The number of nitrogens with two attached hydrogens (primary N) is 1. The quantitative estimate of drug-likeness (QED) is 0.621. The van der Waals surface area contributed by atoms with Gasteiger partial charge in [0.1, 0.15) is 5.75 Å². The molecule has 1 aromatic carbocycles. The van der Waals surface area contributed by atoms with Gasteiger partial charge in [0.15, 0.2) is 5.96 Å². The van der Waals surface area contributed by atoms with Gasteiger partial charge < -0.3 is 20.5 Å². The molecule has 7 heteroatoms. The van der Waals surface area contributed by atoms with Gasteiger partial charge in [-0.05, 0) is 18.9 Å². The molecule has 0 bridgehead atoms. The van der Waals surface area contributed by atoms with Gasteiger partial charge in [-0.2, -0.15) is 8.78 Å². The Labute approximate surface area is 122 Å². The molecule has 116 valence electrons. The van der Waals surface area contributed by atoms with E-state index in [-0.39, 0.29) is 24.4 Å². The highest BCUT2D eigenvalue weighted by molar-refractivity contribution is 5.77. The Morgan fingerprint density at radius 2 is 2.29 bits per heavy atom. The molecule has 0 saturated carbocycles. The van der Waals surface area contributed by atoms with Crippen LogP contribution < -0.4 is 15.8 Å². The van der Waals surface area contributed by atoms with Gasteiger partial charge in [0.2, 0.25) is 0 Å². The van der Waals surface area contributed by atoms with Crippen molar-refractivity contribution < 1.29 is 18.3 Å². The highest BCUT2D eigenvalue weighted by atomic mass is 19.3. The molecule has 0 spiro atoms. The zero-order valence-electron chi connectivity index (χ0n) is 11.6. The van der Waals surface area contributed by atoms with Crippen LogP contribution >= 0.6 is 0 Å². The first-order valence-electron chi connectivity index (χ1n) is 6.83. The van der Waals surface area contributed by atoms with Crippen LogP contribution in [0, 0.1) is 0 Å². The van der Waals surface area contributed by atoms with Crippen molar-refractivity contribution in [2.24, 2.45) is 10.7 Å². The van der Waals surface area contributed by atoms with E-state index in [1.807, 2.05) is 0 Å². The molecule has 3 N–H and O–H groups in total. The minimum atomic E-state index is -2.86. The topological polar surface area (TPSA) is 68.9 Å². The van der Waals surface area contributed by atoms with E-state index in [0.717, 1.165) is 19.4 Å². The van der Waals surface area contributed by atoms with Gasteiger partial charge in [0, 0.05) is 18.7 Å². The standard InChI is InChI=1S/C14H19F2N3O2/c15-13(16)21-12-6-2-1-4-10(12)8-18-14(17)19-9-11-5-3-7-20-11/h1-2,4,6,11,13H,3,5,7-9H2,(H3,17,18,19). The number of aliphatic imine (C=N–C) groups is 1. The second-order valence-electron chi connectivity index (χ2n) is 4.70. The van der Waals surface area contributed by atoms with E-state index in [4.69, 9.17) is 10.5 Å².